The Morgan fingerprint density at radius 2 is 1.81 bits per heavy atom. The van der Waals surface area contributed by atoms with Crippen molar-refractivity contribution in [1.29, 1.82) is 0 Å². The van der Waals surface area contributed by atoms with Crippen LogP contribution in [0.5, 0.6) is 0 Å². The Labute approximate surface area is 177 Å². The second-order valence-electron chi connectivity index (χ2n) is 5.95. The number of aliphatic imine (C=N–C) groups is 1. The Balaban J connectivity index is 0.00000625. The number of rotatable bonds is 12. The summed E-state index contributed by atoms with van der Waals surface area (Å²) in [5.74, 6) is 0.869. The van der Waals surface area contributed by atoms with Gasteiger partial charge in [0.25, 0.3) is 0 Å². The molecule has 0 amide bonds. The van der Waals surface area contributed by atoms with E-state index in [-0.39, 0.29) is 24.0 Å². The van der Waals surface area contributed by atoms with Gasteiger partial charge in [-0.25, -0.2) is 4.99 Å². The molecule has 26 heavy (non-hydrogen) atoms. The fourth-order valence-electron chi connectivity index (χ4n) is 2.57. The van der Waals surface area contributed by atoms with Crippen LogP contribution in [-0.2, 0) is 17.8 Å². The van der Waals surface area contributed by atoms with Gasteiger partial charge >= 0.3 is 0 Å². The van der Waals surface area contributed by atoms with Gasteiger partial charge in [0.2, 0.25) is 0 Å². The molecule has 150 valence electrons. The van der Waals surface area contributed by atoms with E-state index in [1.807, 2.05) is 6.92 Å². The highest BCUT2D eigenvalue weighted by Crippen LogP contribution is 2.09. The number of nitrogens with one attached hydrogen (secondary N) is 2. The number of hydrogen-bond acceptors (Lipinski definition) is 3. The Kier molecular flexibility index (Phi) is 15.8. The molecule has 0 saturated heterocycles. The van der Waals surface area contributed by atoms with Gasteiger partial charge in [-0.2, -0.15) is 0 Å². The molecule has 0 aliphatic heterocycles. The van der Waals surface area contributed by atoms with E-state index in [1.54, 1.807) is 0 Å². The summed E-state index contributed by atoms with van der Waals surface area (Å²) in [7, 11) is 0. The minimum absolute atomic E-state index is 0. The fraction of sp³-hybridized carbons (Fsp3) is 0.650. The second kappa shape index (κ2) is 16.3. The largest absolute Gasteiger partial charge is 0.382 e. The van der Waals surface area contributed by atoms with Crippen LogP contribution in [0, 0.1) is 0 Å². The molecule has 1 rings (SSSR count). The topological polar surface area (TPSA) is 48.9 Å². The van der Waals surface area contributed by atoms with Crippen molar-refractivity contribution in [3.05, 3.63) is 35.4 Å². The first-order valence-corrected chi connectivity index (χ1v) is 9.63. The Bertz CT molecular complexity index is 492. The van der Waals surface area contributed by atoms with Gasteiger partial charge < -0.3 is 15.4 Å². The lowest BCUT2D eigenvalue weighted by atomic mass is 10.1. The van der Waals surface area contributed by atoms with E-state index < -0.39 is 0 Å². The molecule has 2 N–H and O–H groups in total. The summed E-state index contributed by atoms with van der Waals surface area (Å²) in [6.07, 6.45) is 0.984. The molecule has 0 bridgehead atoms. The van der Waals surface area contributed by atoms with Crippen LogP contribution in [-0.4, -0.2) is 50.3 Å². The van der Waals surface area contributed by atoms with Gasteiger partial charge in [-0.3, -0.25) is 4.90 Å². The quantitative estimate of drug-likeness (QED) is 0.209. The van der Waals surface area contributed by atoms with E-state index in [4.69, 9.17) is 9.73 Å². The monoisotopic (exact) mass is 476 g/mol. The van der Waals surface area contributed by atoms with Crippen LogP contribution in [0.25, 0.3) is 0 Å². The molecule has 0 spiro atoms. The first-order chi connectivity index (χ1) is 12.2. The molecule has 0 aliphatic rings. The van der Waals surface area contributed by atoms with Crippen molar-refractivity contribution >= 4 is 29.9 Å². The highest BCUT2D eigenvalue weighted by molar-refractivity contribution is 14.0. The van der Waals surface area contributed by atoms with Crippen molar-refractivity contribution in [1.82, 2.24) is 15.5 Å². The molecule has 0 heterocycles. The first-order valence-electron chi connectivity index (χ1n) is 9.63. The second-order valence-corrected chi connectivity index (χ2v) is 5.95. The van der Waals surface area contributed by atoms with Gasteiger partial charge in [0.1, 0.15) is 0 Å². The number of benzene rings is 1. The maximum atomic E-state index is 5.36. The molecule has 0 unspecified atom stereocenters. The zero-order valence-corrected chi connectivity index (χ0v) is 19.2. The van der Waals surface area contributed by atoms with Crippen LogP contribution in [0.15, 0.2) is 29.3 Å². The SMILES string of the molecule is CCNC(=NCc1cccc(CN(CC)CC)c1)NCCCOCC.I. The van der Waals surface area contributed by atoms with E-state index in [2.05, 4.69) is 60.6 Å². The number of ether oxygens (including phenoxy) is 1. The molecule has 5 nitrogen and oxygen atoms in total. The normalized spacial score (nSPS) is 11.3. The van der Waals surface area contributed by atoms with Crippen LogP contribution in [0.1, 0.15) is 45.2 Å². The summed E-state index contributed by atoms with van der Waals surface area (Å²) < 4.78 is 5.36. The van der Waals surface area contributed by atoms with Gasteiger partial charge in [-0.05, 0) is 44.5 Å². The number of hydrogen-bond donors (Lipinski definition) is 2. The maximum absolute atomic E-state index is 5.36. The Hall–Kier alpha value is -0.860. The standard InChI is InChI=1S/C20H36N4O.HI/c1-5-21-20(22-13-10-14-25-8-4)23-16-18-11-9-12-19(15-18)17-24(6-2)7-3;/h9,11-12,15H,5-8,10,13-14,16-17H2,1-4H3,(H2,21,22,23);1H. The van der Waals surface area contributed by atoms with Gasteiger partial charge in [0.05, 0.1) is 6.54 Å². The van der Waals surface area contributed by atoms with Crippen LogP contribution in [0.3, 0.4) is 0 Å². The summed E-state index contributed by atoms with van der Waals surface area (Å²) in [4.78, 5) is 7.13. The minimum atomic E-state index is 0. The van der Waals surface area contributed by atoms with Gasteiger partial charge in [-0.1, -0.05) is 38.1 Å². The molecule has 1 aromatic rings. The number of halogens is 1. The smallest absolute Gasteiger partial charge is 0.191 e. The molecule has 0 aromatic heterocycles. The number of nitrogens with zero attached hydrogens (tertiary/aromatic N) is 2. The van der Waals surface area contributed by atoms with Gasteiger partial charge in [0, 0.05) is 32.8 Å². The van der Waals surface area contributed by atoms with E-state index in [0.717, 1.165) is 58.3 Å². The van der Waals surface area contributed by atoms with Crippen molar-refractivity contribution in [3.8, 4) is 0 Å². The highest BCUT2D eigenvalue weighted by Gasteiger charge is 2.02. The summed E-state index contributed by atoms with van der Waals surface area (Å²) in [6, 6.07) is 8.74. The van der Waals surface area contributed by atoms with E-state index in [0.29, 0.717) is 6.54 Å². The third-order valence-electron chi connectivity index (χ3n) is 4.02. The van der Waals surface area contributed by atoms with Crippen LogP contribution >= 0.6 is 24.0 Å². The molecular weight excluding hydrogens is 439 g/mol. The van der Waals surface area contributed by atoms with Crippen LogP contribution < -0.4 is 10.6 Å². The fourth-order valence-corrected chi connectivity index (χ4v) is 2.57. The third-order valence-corrected chi connectivity index (χ3v) is 4.02. The molecule has 1 aromatic carbocycles. The Morgan fingerprint density at radius 1 is 1.08 bits per heavy atom. The molecule has 0 atom stereocenters. The highest BCUT2D eigenvalue weighted by atomic mass is 127. The zero-order valence-electron chi connectivity index (χ0n) is 16.9. The van der Waals surface area contributed by atoms with E-state index >= 15 is 0 Å². The van der Waals surface area contributed by atoms with Gasteiger partial charge in [-0.15, -0.1) is 24.0 Å². The van der Waals surface area contributed by atoms with Crippen LogP contribution in [0.4, 0.5) is 0 Å². The molecule has 0 saturated carbocycles. The molecular formula is C20H37IN4O. The molecule has 0 radical (unpaired) electrons. The lowest BCUT2D eigenvalue weighted by molar-refractivity contribution is 0.145. The molecule has 0 aliphatic carbocycles. The summed E-state index contributed by atoms with van der Waals surface area (Å²) in [5.41, 5.74) is 2.60. The molecule has 0 fully saturated rings. The predicted molar refractivity (Wildman–Crippen MR) is 122 cm³/mol. The minimum Gasteiger partial charge on any atom is -0.382 e. The van der Waals surface area contributed by atoms with Crippen molar-refractivity contribution < 1.29 is 4.74 Å². The average molecular weight is 476 g/mol. The average Bonchev–Trinajstić information content (AvgIpc) is 2.64. The Morgan fingerprint density at radius 3 is 2.46 bits per heavy atom. The third kappa shape index (κ3) is 11.0. The summed E-state index contributed by atoms with van der Waals surface area (Å²) in [6.45, 7) is 15.7. The summed E-state index contributed by atoms with van der Waals surface area (Å²) >= 11 is 0. The van der Waals surface area contributed by atoms with Crippen molar-refractivity contribution in [2.45, 2.75) is 47.2 Å². The van der Waals surface area contributed by atoms with Crippen molar-refractivity contribution in [2.24, 2.45) is 4.99 Å². The predicted octanol–water partition coefficient (Wildman–Crippen LogP) is 3.63. The number of guanidine groups is 1. The van der Waals surface area contributed by atoms with Crippen molar-refractivity contribution in [3.63, 3.8) is 0 Å². The van der Waals surface area contributed by atoms with Crippen LogP contribution in [0.2, 0.25) is 0 Å². The maximum Gasteiger partial charge on any atom is 0.191 e. The molecule has 6 heteroatoms. The summed E-state index contributed by atoms with van der Waals surface area (Å²) in [5, 5.41) is 6.66. The van der Waals surface area contributed by atoms with E-state index in [1.165, 1.54) is 11.1 Å². The lowest BCUT2D eigenvalue weighted by Gasteiger charge is -2.18. The first kappa shape index (κ1) is 25.1. The van der Waals surface area contributed by atoms with Gasteiger partial charge in [0.15, 0.2) is 5.96 Å². The zero-order chi connectivity index (χ0) is 18.3. The lowest BCUT2D eigenvalue weighted by Crippen LogP contribution is -2.38. The van der Waals surface area contributed by atoms with Crippen molar-refractivity contribution in [2.75, 3.05) is 39.4 Å². The van der Waals surface area contributed by atoms with E-state index in [9.17, 15) is 0 Å².